The van der Waals surface area contributed by atoms with Crippen molar-refractivity contribution in [2.75, 3.05) is 23.8 Å². The third kappa shape index (κ3) is 6.93. The van der Waals surface area contributed by atoms with E-state index in [1.54, 1.807) is 6.92 Å². The van der Waals surface area contributed by atoms with Crippen molar-refractivity contribution in [2.45, 2.75) is 38.9 Å². The van der Waals surface area contributed by atoms with Crippen LogP contribution in [0.1, 0.15) is 47.4 Å². The number of anilines is 1. The Morgan fingerprint density at radius 1 is 1.02 bits per heavy atom. The van der Waals surface area contributed by atoms with Crippen LogP contribution in [0.4, 0.5) is 27.6 Å². The molecule has 234 valence electrons. The summed E-state index contributed by atoms with van der Waals surface area (Å²) in [4.78, 5) is 26.0. The van der Waals surface area contributed by atoms with Crippen molar-refractivity contribution in [3.63, 3.8) is 0 Å². The maximum atomic E-state index is 13.7. The molecule has 4 aromatic rings. The molecule has 1 amide bonds. The number of Topliss-reactive ketones (excluding diaryl/α,β-unsaturated/α-hetero) is 1. The lowest BCUT2D eigenvalue weighted by atomic mass is 9.95. The Bertz CT molecular complexity index is 1800. The Balaban J connectivity index is 2.00. The molecule has 0 radical (unpaired) electrons. The predicted octanol–water partition coefficient (Wildman–Crippen LogP) is 7.30. The summed E-state index contributed by atoms with van der Waals surface area (Å²) in [6.45, 7) is 1.36. The van der Waals surface area contributed by atoms with Gasteiger partial charge in [0, 0.05) is 41.1 Å². The number of rotatable bonds is 11. The molecule has 0 aliphatic rings. The fourth-order valence-electron chi connectivity index (χ4n) is 4.69. The average molecular weight is 637 g/mol. The lowest BCUT2D eigenvalue weighted by molar-refractivity contribution is -0.149. The molecule has 1 atom stereocenters. The van der Waals surface area contributed by atoms with Gasteiger partial charge in [-0.15, -0.1) is 0 Å². The quantitative estimate of drug-likeness (QED) is 0.138. The molecule has 0 aliphatic heterocycles. The van der Waals surface area contributed by atoms with E-state index in [9.17, 15) is 40.0 Å². The van der Waals surface area contributed by atoms with Crippen molar-refractivity contribution in [3.05, 3.63) is 77.6 Å². The number of hydrogen-bond acceptors (Lipinski definition) is 5. The number of sulfonamides is 1. The number of amides is 1. The Labute approximate surface area is 250 Å². The lowest BCUT2D eigenvalue weighted by Gasteiger charge is -2.25. The lowest BCUT2D eigenvalue weighted by Crippen LogP contribution is -2.43. The second-order valence-electron chi connectivity index (χ2n) is 10.2. The van der Waals surface area contributed by atoms with Gasteiger partial charge in [-0.2, -0.15) is 13.2 Å². The SMILES string of the molecule is CCC(=O)c1c(-c2ccc(F)cc2)oc2cc(N(CCCF)S(C)(=O)=O)c(-c3cccc(C(=O)NC(C)C(F)(F)F)c3)cc12. The van der Waals surface area contributed by atoms with Gasteiger partial charge in [-0.25, -0.2) is 12.8 Å². The number of fused-ring (bicyclic) bond motifs is 1. The number of nitrogens with zero attached hydrogens (tertiary/aromatic N) is 1. The normalized spacial score (nSPS) is 12.7. The fourth-order valence-corrected chi connectivity index (χ4v) is 5.66. The van der Waals surface area contributed by atoms with Crippen LogP contribution in [0.2, 0.25) is 0 Å². The summed E-state index contributed by atoms with van der Waals surface area (Å²) in [5.74, 6) is -1.73. The van der Waals surface area contributed by atoms with E-state index < -0.39 is 40.6 Å². The number of furan rings is 1. The molecule has 0 spiro atoms. The van der Waals surface area contributed by atoms with Crippen LogP contribution >= 0.6 is 0 Å². The molecule has 7 nitrogen and oxygen atoms in total. The molecule has 1 unspecified atom stereocenters. The summed E-state index contributed by atoms with van der Waals surface area (Å²) in [7, 11) is -4.02. The standard InChI is InChI=1S/C31H29F5N2O5S/c1-4-26(39)28-24-16-23(20-7-5-8-21(15-20)30(40)37-18(2)31(34,35)36)25(38(14-6-13-32)44(3,41)42)17-27(24)43-29(28)19-9-11-22(33)12-10-19/h5,7-12,15-18H,4,6,13-14H2,1-3H3,(H,37,40). The minimum atomic E-state index is -4.68. The monoisotopic (exact) mass is 636 g/mol. The van der Waals surface area contributed by atoms with Crippen molar-refractivity contribution in [3.8, 4) is 22.5 Å². The van der Waals surface area contributed by atoms with Crippen LogP contribution in [0.3, 0.4) is 0 Å². The van der Waals surface area contributed by atoms with Crippen LogP contribution in [0.5, 0.6) is 0 Å². The zero-order valence-corrected chi connectivity index (χ0v) is 24.8. The largest absolute Gasteiger partial charge is 0.455 e. The van der Waals surface area contributed by atoms with E-state index in [1.165, 1.54) is 60.7 Å². The molecule has 13 heteroatoms. The fraction of sp³-hybridized carbons (Fsp3) is 0.290. The second kappa shape index (κ2) is 12.8. The number of ketones is 1. The number of halogens is 5. The van der Waals surface area contributed by atoms with Gasteiger partial charge in [-0.1, -0.05) is 19.1 Å². The molecule has 1 N–H and O–H groups in total. The van der Waals surface area contributed by atoms with E-state index in [2.05, 4.69) is 0 Å². The minimum Gasteiger partial charge on any atom is -0.455 e. The van der Waals surface area contributed by atoms with E-state index in [-0.39, 0.29) is 69.8 Å². The van der Waals surface area contributed by atoms with Crippen molar-refractivity contribution >= 4 is 38.4 Å². The van der Waals surface area contributed by atoms with Gasteiger partial charge in [0.05, 0.1) is 24.2 Å². The molecule has 0 fully saturated rings. The number of hydrogen-bond donors (Lipinski definition) is 1. The summed E-state index contributed by atoms with van der Waals surface area (Å²) in [5, 5.41) is 2.18. The predicted molar refractivity (Wildman–Crippen MR) is 157 cm³/mol. The molecule has 44 heavy (non-hydrogen) atoms. The third-order valence-electron chi connectivity index (χ3n) is 6.95. The van der Waals surface area contributed by atoms with Gasteiger partial charge in [0.1, 0.15) is 23.2 Å². The highest BCUT2D eigenvalue weighted by Gasteiger charge is 2.37. The first kappa shape index (κ1) is 32.6. The minimum absolute atomic E-state index is 0.0320. The Morgan fingerprint density at radius 2 is 1.70 bits per heavy atom. The zero-order chi connectivity index (χ0) is 32.4. The Kier molecular flexibility index (Phi) is 9.47. The van der Waals surface area contributed by atoms with Crippen LogP contribution in [0.15, 0.2) is 65.1 Å². The van der Waals surface area contributed by atoms with Crippen LogP contribution in [0.25, 0.3) is 33.4 Å². The maximum absolute atomic E-state index is 13.7. The second-order valence-corrected chi connectivity index (χ2v) is 12.1. The van der Waals surface area contributed by atoms with Crippen molar-refractivity contribution in [1.82, 2.24) is 5.32 Å². The molecule has 0 saturated carbocycles. The van der Waals surface area contributed by atoms with E-state index in [1.807, 2.05) is 5.32 Å². The van der Waals surface area contributed by atoms with Crippen LogP contribution < -0.4 is 9.62 Å². The highest BCUT2D eigenvalue weighted by atomic mass is 32.2. The third-order valence-corrected chi connectivity index (χ3v) is 8.13. The zero-order valence-electron chi connectivity index (χ0n) is 24.0. The molecule has 0 saturated heterocycles. The van der Waals surface area contributed by atoms with Crippen LogP contribution in [-0.2, 0) is 10.0 Å². The Morgan fingerprint density at radius 3 is 2.30 bits per heavy atom. The maximum Gasteiger partial charge on any atom is 0.408 e. The van der Waals surface area contributed by atoms with E-state index in [4.69, 9.17) is 4.42 Å². The van der Waals surface area contributed by atoms with Crippen molar-refractivity contribution < 1.29 is 44.4 Å². The van der Waals surface area contributed by atoms with Gasteiger partial charge in [-0.3, -0.25) is 18.3 Å². The van der Waals surface area contributed by atoms with Crippen molar-refractivity contribution in [2.24, 2.45) is 0 Å². The molecule has 3 aromatic carbocycles. The number of carbonyl (C=O) groups excluding carboxylic acids is 2. The molecule has 1 heterocycles. The molecule has 4 rings (SSSR count). The first-order valence-corrected chi connectivity index (χ1v) is 15.4. The first-order chi connectivity index (χ1) is 20.6. The first-order valence-electron chi connectivity index (χ1n) is 13.6. The van der Waals surface area contributed by atoms with Gasteiger partial charge in [0.2, 0.25) is 10.0 Å². The molecule has 0 bridgehead atoms. The summed E-state index contributed by atoms with van der Waals surface area (Å²) in [6, 6.07) is 11.5. The van der Waals surface area contributed by atoms with Crippen LogP contribution in [-0.4, -0.2) is 51.8 Å². The van der Waals surface area contributed by atoms with Gasteiger partial charge in [0.15, 0.2) is 5.78 Å². The number of benzene rings is 3. The van der Waals surface area contributed by atoms with E-state index >= 15 is 0 Å². The highest BCUT2D eigenvalue weighted by Crippen LogP contribution is 2.42. The molecular formula is C31H29F5N2O5S. The van der Waals surface area contributed by atoms with E-state index in [0.717, 1.165) is 17.5 Å². The van der Waals surface area contributed by atoms with Gasteiger partial charge < -0.3 is 9.73 Å². The average Bonchev–Trinajstić information content (AvgIpc) is 3.34. The summed E-state index contributed by atoms with van der Waals surface area (Å²) >= 11 is 0. The number of carbonyl (C=O) groups is 2. The molecule has 1 aromatic heterocycles. The topological polar surface area (TPSA) is 96.7 Å². The van der Waals surface area contributed by atoms with Crippen LogP contribution in [0, 0.1) is 5.82 Å². The van der Waals surface area contributed by atoms with Gasteiger partial charge in [0.25, 0.3) is 5.91 Å². The highest BCUT2D eigenvalue weighted by molar-refractivity contribution is 7.92. The van der Waals surface area contributed by atoms with E-state index in [0.29, 0.717) is 5.56 Å². The molecule has 0 aliphatic carbocycles. The molecular weight excluding hydrogens is 607 g/mol. The van der Waals surface area contributed by atoms with Gasteiger partial charge in [-0.05, 0) is 61.4 Å². The Hall–Kier alpha value is -4.26. The smallest absolute Gasteiger partial charge is 0.408 e. The number of alkyl halides is 4. The van der Waals surface area contributed by atoms with Gasteiger partial charge >= 0.3 is 6.18 Å². The number of nitrogens with one attached hydrogen (secondary N) is 1. The summed E-state index contributed by atoms with van der Waals surface area (Å²) in [5.41, 5.74) is 0.982. The summed E-state index contributed by atoms with van der Waals surface area (Å²) < 4.78 is 99.1. The summed E-state index contributed by atoms with van der Waals surface area (Å²) in [6.07, 6.45) is -3.83. The van der Waals surface area contributed by atoms with Crippen molar-refractivity contribution in [1.29, 1.82) is 0 Å².